The largest absolute Gasteiger partial charge is 0.346 e. The number of hydrogen-bond acceptors (Lipinski definition) is 3. The summed E-state index contributed by atoms with van der Waals surface area (Å²) in [6.07, 6.45) is 5.21. The van der Waals surface area contributed by atoms with Crippen molar-refractivity contribution in [1.29, 1.82) is 0 Å². The van der Waals surface area contributed by atoms with Gasteiger partial charge in [0.1, 0.15) is 5.65 Å². The first kappa shape index (κ1) is 19.5. The zero-order chi connectivity index (χ0) is 22.4. The zero-order valence-corrected chi connectivity index (χ0v) is 18.0. The molecule has 2 N–H and O–H groups in total. The minimum Gasteiger partial charge on any atom is -0.346 e. The third-order valence-corrected chi connectivity index (χ3v) is 6.55. The van der Waals surface area contributed by atoms with E-state index in [1.54, 1.807) is 6.20 Å². The van der Waals surface area contributed by atoms with Gasteiger partial charge in [-0.2, -0.15) is 0 Å². The van der Waals surface area contributed by atoms with Gasteiger partial charge in [-0.1, -0.05) is 42.5 Å². The Kier molecular flexibility index (Phi) is 4.61. The van der Waals surface area contributed by atoms with Gasteiger partial charge in [0.15, 0.2) is 0 Å². The van der Waals surface area contributed by atoms with E-state index in [4.69, 9.17) is 0 Å². The Hall–Kier alpha value is -4.13. The lowest BCUT2D eigenvalue weighted by atomic mass is 10.0. The maximum atomic E-state index is 13.3. The maximum absolute atomic E-state index is 13.3. The molecule has 5 aromatic rings. The van der Waals surface area contributed by atoms with Gasteiger partial charge in [0.25, 0.3) is 5.91 Å². The van der Waals surface area contributed by atoms with E-state index in [1.807, 2.05) is 64.2 Å². The zero-order valence-electron chi connectivity index (χ0n) is 18.0. The minimum absolute atomic E-state index is 0.000611. The van der Waals surface area contributed by atoms with Crippen LogP contribution in [0.15, 0.2) is 77.9 Å². The number of pyridine rings is 1. The molecule has 0 aliphatic carbocycles. The molecule has 0 unspecified atom stereocenters. The number of amides is 1. The summed E-state index contributed by atoms with van der Waals surface area (Å²) in [5.74, 6) is 0.000611. The van der Waals surface area contributed by atoms with E-state index < -0.39 is 0 Å². The van der Waals surface area contributed by atoms with E-state index >= 15 is 0 Å². The van der Waals surface area contributed by atoms with Crippen LogP contribution in [0.2, 0.25) is 0 Å². The lowest BCUT2D eigenvalue weighted by molar-refractivity contribution is 0.0680. The van der Waals surface area contributed by atoms with Crippen molar-refractivity contribution in [3.05, 3.63) is 89.1 Å². The number of aromatic amines is 2. The highest BCUT2D eigenvalue weighted by atomic mass is 16.2. The van der Waals surface area contributed by atoms with Crippen LogP contribution in [0.3, 0.4) is 0 Å². The van der Waals surface area contributed by atoms with E-state index in [0.717, 1.165) is 40.5 Å². The van der Waals surface area contributed by atoms with Gasteiger partial charge in [0, 0.05) is 30.2 Å². The molecule has 6 rings (SSSR count). The van der Waals surface area contributed by atoms with Crippen molar-refractivity contribution in [2.24, 2.45) is 0 Å². The second kappa shape index (κ2) is 7.78. The summed E-state index contributed by atoms with van der Waals surface area (Å²) in [7, 11) is 0. The molecule has 1 fully saturated rings. The highest BCUT2D eigenvalue weighted by molar-refractivity contribution is 6.01. The first-order chi connectivity index (χ1) is 16.2. The first-order valence-electron chi connectivity index (χ1n) is 11.2. The molecule has 4 heterocycles. The van der Waals surface area contributed by atoms with Crippen molar-refractivity contribution in [3.63, 3.8) is 0 Å². The van der Waals surface area contributed by atoms with Crippen LogP contribution in [0.25, 0.3) is 33.2 Å². The molecule has 2 aromatic carbocycles. The number of nitrogens with zero attached hydrogens (tertiary/aromatic N) is 3. The van der Waals surface area contributed by atoms with Gasteiger partial charge >= 0.3 is 5.69 Å². The van der Waals surface area contributed by atoms with Crippen molar-refractivity contribution in [2.45, 2.75) is 18.9 Å². The summed E-state index contributed by atoms with van der Waals surface area (Å²) in [6.45, 7) is 1.19. The number of carbonyl (C=O) groups is 1. The Morgan fingerprint density at radius 2 is 1.79 bits per heavy atom. The minimum atomic E-state index is -0.160. The third-order valence-electron chi connectivity index (χ3n) is 6.55. The normalized spacial score (nSPS) is 16.5. The predicted molar refractivity (Wildman–Crippen MR) is 128 cm³/mol. The van der Waals surface area contributed by atoms with Crippen LogP contribution in [0, 0.1) is 0 Å². The van der Waals surface area contributed by atoms with Gasteiger partial charge in [-0.05, 0) is 42.2 Å². The summed E-state index contributed by atoms with van der Waals surface area (Å²) in [6, 6.07) is 19.7. The fraction of sp³-hybridized carbons (Fsp3) is 0.192. The van der Waals surface area contributed by atoms with Crippen molar-refractivity contribution in [1.82, 2.24) is 24.4 Å². The average Bonchev–Trinajstić information content (AvgIpc) is 3.48. The van der Waals surface area contributed by atoms with Crippen LogP contribution in [-0.2, 0) is 0 Å². The van der Waals surface area contributed by atoms with Crippen LogP contribution in [0.5, 0.6) is 0 Å². The monoisotopic (exact) mass is 437 g/mol. The van der Waals surface area contributed by atoms with Crippen molar-refractivity contribution < 1.29 is 4.79 Å². The number of imidazole rings is 1. The second-order valence-electron chi connectivity index (χ2n) is 8.55. The summed E-state index contributed by atoms with van der Waals surface area (Å²) >= 11 is 0. The number of H-pyrrole nitrogens is 2. The highest BCUT2D eigenvalue weighted by Crippen LogP contribution is 2.28. The van der Waals surface area contributed by atoms with Crippen molar-refractivity contribution in [2.75, 3.05) is 13.1 Å². The molecular formula is C26H23N5O2. The molecular weight excluding hydrogens is 414 g/mol. The molecule has 1 amide bonds. The molecule has 1 aliphatic rings. The molecule has 1 atom stereocenters. The first-order valence-corrected chi connectivity index (χ1v) is 11.2. The molecule has 1 aliphatic heterocycles. The fourth-order valence-electron chi connectivity index (χ4n) is 4.94. The molecule has 3 aromatic heterocycles. The summed E-state index contributed by atoms with van der Waals surface area (Å²) < 4.78 is 1.81. The fourth-order valence-corrected chi connectivity index (χ4v) is 4.94. The lowest BCUT2D eigenvalue weighted by Crippen LogP contribution is -2.42. The number of nitrogens with one attached hydrogen (secondary N) is 2. The van der Waals surface area contributed by atoms with E-state index in [9.17, 15) is 9.59 Å². The molecule has 0 spiro atoms. The quantitative estimate of drug-likeness (QED) is 0.440. The maximum Gasteiger partial charge on any atom is 0.326 e. The molecule has 1 saturated heterocycles. The molecule has 0 bridgehead atoms. The Morgan fingerprint density at radius 3 is 2.61 bits per heavy atom. The topological polar surface area (TPSA) is 86.8 Å². The van der Waals surface area contributed by atoms with E-state index in [2.05, 4.69) is 27.1 Å². The molecule has 7 nitrogen and oxygen atoms in total. The number of likely N-dealkylation sites (tertiary alicyclic amines) is 1. The second-order valence-corrected chi connectivity index (χ2v) is 8.55. The lowest BCUT2D eigenvalue weighted by Gasteiger charge is -2.33. The van der Waals surface area contributed by atoms with Crippen LogP contribution in [-0.4, -0.2) is 43.4 Å². The molecule has 0 radical (unpaired) electrons. The van der Waals surface area contributed by atoms with Gasteiger partial charge in [0.05, 0.1) is 23.3 Å². The highest BCUT2D eigenvalue weighted by Gasteiger charge is 2.28. The predicted octanol–water partition coefficient (Wildman–Crippen LogP) is 4.35. The number of carbonyl (C=O) groups excluding carboxylic acids is 1. The van der Waals surface area contributed by atoms with Crippen LogP contribution in [0.1, 0.15) is 29.2 Å². The number of rotatable bonds is 3. The standard InChI is InChI=1S/C26H23N5O2/c32-25(19-10-8-18(9-11-19)17-5-2-1-3-6-17)30-14-4-7-20(16-30)31-23-21-12-13-27-24(21)28-15-22(23)29-26(31)33/h1-3,5-6,8-13,15,20H,4,7,14,16H2,(H,27,28)(H,29,33)/t20-/m1/s1. The van der Waals surface area contributed by atoms with Gasteiger partial charge in [-0.15, -0.1) is 0 Å². The number of benzene rings is 2. The van der Waals surface area contributed by atoms with Gasteiger partial charge in [-0.25, -0.2) is 9.78 Å². The Labute approximate surface area is 189 Å². The Bertz CT molecular complexity index is 1510. The van der Waals surface area contributed by atoms with Crippen LogP contribution in [0.4, 0.5) is 0 Å². The van der Waals surface area contributed by atoms with Crippen LogP contribution < -0.4 is 5.69 Å². The van der Waals surface area contributed by atoms with E-state index in [0.29, 0.717) is 24.2 Å². The van der Waals surface area contributed by atoms with Gasteiger partial charge in [-0.3, -0.25) is 9.36 Å². The van der Waals surface area contributed by atoms with Gasteiger partial charge < -0.3 is 14.9 Å². The summed E-state index contributed by atoms with van der Waals surface area (Å²) in [5.41, 5.74) is 5.02. The van der Waals surface area contributed by atoms with E-state index in [1.165, 1.54) is 0 Å². The summed E-state index contributed by atoms with van der Waals surface area (Å²) in [5, 5.41) is 0.908. The summed E-state index contributed by atoms with van der Waals surface area (Å²) in [4.78, 5) is 38.5. The molecule has 7 heteroatoms. The average molecular weight is 438 g/mol. The van der Waals surface area contributed by atoms with Crippen molar-refractivity contribution in [3.8, 4) is 11.1 Å². The third kappa shape index (κ3) is 3.33. The smallest absolute Gasteiger partial charge is 0.326 e. The van der Waals surface area contributed by atoms with E-state index in [-0.39, 0.29) is 17.6 Å². The number of aromatic nitrogens is 4. The van der Waals surface area contributed by atoms with Crippen LogP contribution >= 0.6 is 0 Å². The SMILES string of the molecule is O=C(c1ccc(-c2ccccc2)cc1)N1CCC[C@@H](n2c(=O)[nH]c3cnc4[nH]ccc4c32)C1. The Balaban J connectivity index is 1.29. The molecule has 0 saturated carbocycles. The number of hydrogen-bond donors (Lipinski definition) is 2. The number of fused-ring (bicyclic) bond motifs is 3. The molecule has 164 valence electrons. The van der Waals surface area contributed by atoms with Gasteiger partial charge in [0.2, 0.25) is 0 Å². The Morgan fingerprint density at radius 1 is 1.00 bits per heavy atom. The number of piperidine rings is 1. The van der Waals surface area contributed by atoms with Crippen molar-refractivity contribution >= 4 is 28.0 Å². The molecule has 33 heavy (non-hydrogen) atoms.